The molecule has 5 heterocycles. The summed E-state index contributed by atoms with van der Waals surface area (Å²) in [6, 6.07) is 15.9. The average Bonchev–Trinajstić information content (AvgIpc) is 3.70. The zero-order valence-corrected chi connectivity index (χ0v) is 24.7. The lowest BCUT2D eigenvalue weighted by Gasteiger charge is -2.36. The Balaban J connectivity index is 1.31. The molecule has 2 N–H and O–H groups in total. The Kier molecular flexibility index (Phi) is 6.22. The van der Waals surface area contributed by atoms with Crippen molar-refractivity contribution in [1.29, 1.82) is 0 Å². The van der Waals surface area contributed by atoms with Crippen molar-refractivity contribution in [2.75, 3.05) is 37.7 Å². The van der Waals surface area contributed by atoms with E-state index in [1.54, 1.807) is 18.2 Å². The average molecular weight is 575 g/mol. The van der Waals surface area contributed by atoms with Gasteiger partial charge in [-0.25, -0.2) is 0 Å². The quantitative estimate of drug-likeness (QED) is 0.327. The predicted molar refractivity (Wildman–Crippen MR) is 172 cm³/mol. The number of nitrogens with one attached hydrogen (secondary N) is 1. The molecule has 2 bridgehead atoms. The molecule has 0 aliphatic carbocycles. The number of rotatable bonds is 5. The Morgan fingerprint density at radius 1 is 1.05 bits per heavy atom. The Hall–Kier alpha value is -3.99. The minimum Gasteiger partial charge on any atom is -0.508 e. The maximum atomic E-state index is 14.2. The number of aromatic nitrogens is 1. The van der Waals surface area contributed by atoms with E-state index in [0.29, 0.717) is 29.8 Å². The molecule has 3 aromatic carbocycles. The standard InChI is InChI=1S/C36H38N4O3/c1-3-23-7-4-8-24-15-27(41)16-29(34(23)24)30-19-33(42)35-31(38(30)2)17-28(43-22-36-11-5-13-40(36)14-6-12-36)18-32(35)39-20-25-9-10-26(21-39)37-25/h1,4,7-8,15-19,25-26,37,41H,5-6,9-14,20-22H2,2H3. The summed E-state index contributed by atoms with van der Waals surface area (Å²) in [4.78, 5) is 19.2. The van der Waals surface area contributed by atoms with Gasteiger partial charge in [-0.05, 0) is 75.2 Å². The fraction of sp³-hybridized carbons (Fsp3) is 0.417. The molecule has 43 heavy (non-hydrogen) atoms. The molecule has 4 aliphatic rings. The molecule has 7 nitrogen and oxygen atoms in total. The van der Waals surface area contributed by atoms with Crippen LogP contribution in [0.25, 0.3) is 32.9 Å². The summed E-state index contributed by atoms with van der Waals surface area (Å²) in [7, 11) is 1.99. The van der Waals surface area contributed by atoms with E-state index in [0.717, 1.165) is 77.9 Å². The summed E-state index contributed by atoms with van der Waals surface area (Å²) < 4.78 is 8.77. The van der Waals surface area contributed by atoms with Crippen LogP contribution in [0.2, 0.25) is 0 Å². The summed E-state index contributed by atoms with van der Waals surface area (Å²) in [6.45, 7) is 4.73. The van der Waals surface area contributed by atoms with Gasteiger partial charge in [-0.15, -0.1) is 6.42 Å². The molecule has 2 unspecified atom stereocenters. The first kappa shape index (κ1) is 26.6. The summed E-state index contributed by atoms with van der Waals surface area (Å²) in [5.74, 6) is 3.74. The Morgan fingerprint density at radius 3 is 2.56 bits per heavy atom. The van der Waals surface area contributed by atoms with Gasteiger partial charge in [0.25, 0.3) is 0 Å². The monoisotopic (exact) mass is 574 g/mol. The number of piperazine rings is 1. The van der Waals surface area contributed by atoms with Gasteiger partial charge in [-0.1, -0.05) is 18.1 Å². The first-order valence-electron chi connectivity index (χ1n) is 15.7. The fourth-order valence-corrected chi connectivity index (χ4v) is 8.52. The van der Waals surface area contributed by atoms with Gasteiger partial charge in [0.05, 0.1) is 27.8 Å². The number of benzene rings is 3. The van der Waals surface area contributed by atoms with Gasteiger partial charge in [0.15, 0.2) is 5.43 Å². The van der Waals surface area contributed by atoms with E-state index >= 15 is 0 Å². The highest BCUT2D eigenvalue weighted by Gasteiger charge is 2.45. The van der Waals surface area contributed by atoms with E-state index in [2.05, 4.69) is 31.7 Å². The molecule has 1 aromatic heterocycles. The minimum atomic E-state index is -0.0402. The smallest absolute Gasteiger partial charge is 0.192 e. The lowest BCUT2D eigenvalue weighted by Crippen LogP contribution is -2.51. The summed E-state index contributed by atoms with van der Waals surface area (Å²) in [5.41, 5.74) is 4.04. The highest BCUT2D eigenvalue weighted by Crippen LogP contribution is 2.41. The summed E-state index contributed by atoms with van der Waals surface area (Å²) in [6.07, 6.45) is 13.1. The number of phenols is 1. The van der Waals surface area contributed by atoms with Gasteiger partial charge in [0.1, 0.15) is 18.1 Å². The minimum absolute atomic E-state index is 0.0402. The van der Waals surface area contributed by atoms with Gasteiger partial charge in [-0.2, -0.15) is 0 Å². The normalized spacial score (nSPS) is 22.7. The third kappa shape index (κ3) is 4.30. The number of pyridine rings is 1. The Morgan fingerprint density at radius 2 is 1.81 bits per heavy atom. The lowest BCUT2D eigenvalue weighted by atomic mass is 9.95. The zero-order chi connectivity index (χ0) is 29.3. The van der Waals surface area contributed by atoms with Crippen molar-refractivity contribution in [2.45, 2.75) is 56.1 Å². The SMILES string of the molecule is C#Cc1cccc2cc(O)cc(-c3cc(=O)c4c(N5CC6CCC(C5)N6)cc(OCC56CCCN5CCC6)cc4n3C)c12. The van der Waals surface area contributed by atoms with Gasteiger partial charge >= 0.3 is 0 Å². The number of anilines is 1. The van der Waals surface area contributed by atoms with Gasteiger partial charge < -0.3 is 24.6 Å². The molecular formula is C36H38N4O3. The molecule has 0 amide bonds. The van der Waals surface area contributed by atoms with Crippen molar-refractivity contribution < 1.29 is 9.84 Å². The van der Waals surface area contributed by atoms with Gasteiger partial charge in [0.2, 0.25) is 0 Å². The number of fused-ring (bicyclic) bond motifs is 5. The van der Waals surface area contributed by atoms with Crippen LogP contribution in [-0.2, 0) is 7.05 Å². The van der Waals surface area contributed by atoms with Crippen LogP contribution in [0.3, 0.4) is 0 Å². The van der Waals surface area contributed by atoms with Crippen molar-refractivity contribution in [2.24, 2.45) is 7.05 Å². The molecule has 0 radical (unpaired) electrons. The predicted octanol–water partition coefficient (Wildman–Crippen LogP) is 4.99. The second-order valence-electron chi connectivity index (χ2n) is 13.1. The third-order valence-corrected chi connectivity index (χ3v) is 10.6. The topological polar surface area (TPSA) is 70.0 Å². The van der Waals surface area contributed by atoms with Crippen LogP contribution in [0, 0.1) is 12.3 Å². The molecule has 0 spiro atoms. The number of phenolic OH excluding ortho intramolecular Hbond substituents is 1. The molecule has 7 heteroatoms. The maximum absolute atomic E-state index is 14.2. The number of hydrogen-bond acceptors (Lipinski definition) is 6. The number of hydrogen-bond donors (Lipinski definition) is 2. The first-order chi connectivity index (χ1) is 20.9. The molecule has 4 fully saturated rings. The van der Waals surface area contributed by atoms with Crippen molar-refractivity contribution in [3.05, 3.63) is 64.3 Å². The number of nitrogens with zero attached hydrogens (tertiary/aromatic N) is 3. The van der Waals surface area contributed by atoms with E-state index in [1.807, 2.05) is 31.3 Å². The number of aromatic hydroxyl groups is 1. The largest absolute Gasteiger partial charge is 0.508 e. The highest BCUT2D eigenvalue weighted by molar-refractivity contribution is 6.03. The molecule has 4 aliphatic heterocycles. The Labute approximate surface area is 252 Å². The van der Waals surface area contributed by atoms with Crippen molar-refractivity contribution in [1.82, 2.24) is 14.8 Å². The summed E-state index contributed by atoms with van der Waals surface area (Å²) >= 11 is 0. The zero-order valence-electron chi connectivity index (χ0n) is 24.7. The van der Waals surface area contributed by atoms with E-state index < -0.39 is 0 Å². The highest BCUT2D eigenvalue weighted by atomic mass is 16.5. The molecule has 4 aromatic rings. The molecule has 4 saturated heterocycles. The van der Waals surface area contributed by atoms with Crippen LogP contribution < -0.4 is 20.4 Å². The first-order valence-corrected chi connectivity index (χ1v) is 15.7. The second-order valence-corrected chi connectivity index (χ2v) is 13.1. The van der Waals surface area contributed by atoms with Gasteiger partial charge in [0, 0.05) is 66.9 Å². The lowest BCUT2D eigenvalue weighted by molar-refractivity contribution is 0.114. The molecule has 2 atom stereocenters. The summed E-state index contributed by atoms with van der Waals surface area (Å²) in [5, 5.41) is 16.8. The van der Waals surface area contributed by atoms with Crippen molar-refractivity contribution in [3.8, 4) is 35.1 Å². The van der Waals surface area contributed by atoms with Gasteiger partial charge in [-0.3, -0.25) is 9.69 Å². The van der Waals surface area contributed by atoms with Crippen LogP contribution in [0.15, 0.2) is 53.3 Å². The van der Waals surface area contributed by atoms with Crippen molar-refractivity contribution >= 4 is 27.4 Å². The van der Waals surface area contributed by atoms with Crippen LogP contribution >= 0.6 is 0 Å². The van der Waals surface area contributed by atoms with E-state index in [9.17, 15) is 9.90 Å². The van der Waals surface area contributed by atoms with Crippen LogP contribution in [0.4, 0.5) is 5.69 Å². The number of ether oxygens (including phenoxy) is 1. The van der Waals surface area contributed by atoms with E-state index in [4.69, 9.17) is 11.2 Å². The van der Waals surface area contributed by atoms with Crippen molar-refractivity contribution in [3.63, 3.8) is 0 Å². The second kappa shape index (κ2) is 10.0. The molecule has 0 saturated carbocycles. The molecule has 8 rings (SSSR count). The molecular weight excluding hydrogens is 536 g/mol. The van der Waals surface area contributed by atoms with Crippen LogP contribution in [0.1, 0.15) is 44.1 Å². The van der Waals surface area contributed by atoms with Crippen LogP contribution in [0.5, 0.6) is 11.5 Å². The fourth-order valence-electron chi connectivity index (χ4n) is 8.52. The number of aryl methyl sites for hydroxylation is 1. The Bertz CT molecular complexity index is 1850. The van der Waals surface area contributed by atoms with Crippen LogP contribution in [-0.4, -0.2) is 65.0 Å². The molecule has 220 valence electrons. The number of terminal acetylenes is 1. The maximum Gasteiger partial charge on any atom is 0.192 e. The third-order valence-electron chi connectivity index (χ3n) is 10.6. The van der Waals surface area contributed by atoms with E-state index in [1.165, 1.54) is 25.7 Å². The van der Waals surface area contributed by atoms with E-state index in [-0.39, 0.29) is 16.7 Å².